The highest BCUT2D eigenvalue weighted by molar-refractivity contribution is 6.06. The molecule has 0 saturated heterocycles. The quantitative estimate of drug-likeness (QED) is 0.441. The Labute approximate surface area is 170 Å². The number of carbonyl (C=O) groups excluding carboxylic acids is 2. The maximum Gasteiger partial charge on any atom is 0.254 e. The summed E-state index contributed by atoms with van der Waals surface area (Å²) in [5, 5.41) is 7.31. The Morgan fingerprint density at radius 1 is 0.900 bits per heavy atom. The molecular weight excluding hydrogens is 390 g/mol. The minimum atomic E-state index is -0.925. The normalized spacial score (nSPS) is 11.0. The predicted molar refractivity (Wildman–Crippen MR) is 110 cm³/mol. The van der Waals surface area contributed by atoms with Gasteiger partial charge in [-0.05, 0) is 36.8 Å². The van der Waals surface area contributed by atoms with Crippen LogP contribution in [-0.4, -0.2) is 18.4 Å². The number of amides is 2. The highest BCUT2D eigenvalue weighted by Gasteiger charge is 2.12. The Balaban J connectivity index is 1.29. The second-order valence-corrected chi connectivity index (χ2v) is 6.84. The Bertz CT molecular complexity index is 1250. The van der Waals surface area contributed by atoms with Gasteiger partial charge in [-0.1, -0.05) is 18.2 Å². The van der Waals surface area contributed by atoms with E-state index in [9.17, 15) is 18.4 Å². The minimum absolute atomic E-state index is 0.171. The second-order valence-electron chi connectivity index (χ2n) is 6.84. The Kier molecular flexibility index (Phi) is 5.43. The molecule has 1 heterocycles. The lowest BCUT2D eigenvalue weighted by atomic mass is 10.1. The number of furan rings is 1. The number of anilines is 1. The zero-order valence-electron chi connectivity index (χ0n) is 15.9. The molecule has 0 saturated carbocycles. The molecule has 0 fully saturated rings. The molecule has 0 unspecified atom stereocenters. The van der Waals surface area contributed by atoms with Crippen molar-refractivity contribution < 1.29 is 22.8 Å². The summed E-state index contributed by atoms with van der Waals surface area (Å²) in [6, 6.07) is 15.9. The zero-order valence-corrected chi connectivity index (χ0v) is 15.9. The summed E-state index contributed by atoms with van der Waals surface area (Å²) < 4.78 is 32.3. The van der Waals surface area contributed by atoms with Crippen molar-refractivity contribution in [3.63, 3.8) is 0 Å². The van der Waals surface area contributed by atoms with Gasteiger partial charge in [-0.25, -0.2) is 8.78 Å². The fraction of sp³-hybridized carbons (Fsp3) is 0.130. The molecule has 0 bridgehead atoms. The molecule has 7 heteroatoms. The highest BCUT2D eigenvalue weighted by atomic mass is 19.1. The van der Waals surface area contributed by atoms with Crippen molar-refractivity contribution >= 4 is 39.4 Å². The van der Waals surface area contributed by atoms with E-state index < -0.39 is 17.5 Å². The maximum atomic E-state index is 13.6. The first-order chi connectivity index (χ1) is 14.5. The number of rotatable bonds is 6. The van der Waals surface area contributed by atoms with Gasteiger partial charge in [-0.2, -0.15) is 0 Å². The third-order valence-electron chi connectivity index (χ3n) is 4.70. The van der Waals surface area contributed by atoms with E-state index in [1.165, 1.54) is 0 Å². The molecule has 0 aliphatic carbocycles. The van der Waals surface area contributed by atoms with Crippen molar-refractivity contribution in [1.29, 1.82) is 0 Å². The SMILES string of the molecule is O=C(CCCNC(=O)c1ccc(F)cc1F)Nc1ccc2c(c1)oc1ccccc12. The molecule has 0 radical (unpaired) electrons. The first kappa shape index (κ1) is 19.6. The fourth-order valence-corrected chi connectivity index (χ4v) is 3.25. The van der Waals surface area contributed by atoms with Gasteiger partial charge in [0.1, 0.15) is 22.8 Å². The Morgan fingerprint density at radius 3 is 2.53 bits per heavy atom. The van der Waals surface area contributed by atoms with Gasteiger partial charge < -0.3 is 15.1 Å². The predicted octanol–water partition coefficient (Wildman–Crippen LogP) is 5.01. The van der Waals surface area contributed by atoms with Crippen LogP contribution in [0.4, 0.5) is 14.5 Å². The van der Waals surface area contributed by atoms with Crippen LogP contribution in [0.3, 0.4) is 0 Å². The summed E-state index contributed by atoms with van der Waals surface area (Å²) in [4.78, 5) is 24.1. The van der Waals surface area contributed by atoms with E-state index in [0.29, 0.717) is 23.8 Å². The molecule has 4 rings (SSSR count). The van der Waals surface area contributed by atoms with Gasteiger partial charge in [0.25, 0.3) is 5.91 Å². The van der Waals surface area contributed by atoms with Gasteiger partial charge in [0.2, 0.25) is 5.91 Å². The molecule has 0 spiro atoms. The van der Waals surface area contributed by atoms with Crippen molar-refractivity contribution in [2.24, 2.45) is 0 Å². The van der Waals surface area contributed by atoms with Crippen molar-refractivity contribution in [3.05, 3.63) is 77.9 Å². The van der Waals surface area contributed by atoms with E-state index in [-0.39, 0.29) is 24.4 Å². The third-order valence-corrected chi connectivity index (χ3v) is 4.70. The lowest BCUT2D eigenvalue weighted by Crippen LogP contribution is -2.26. The summed E-state index contributed by atoms with van der Waals surface area (Å²) in [5.41, 5.74) is 1.84. The van der Waals surface area contributed by atoms with E-state index in [1.54, 1.807) is 12.1 Å². The standard InChI is InChI=1S/C23H18F2N2O3/c24-14-7-9-18(19(25)12-14)23(29)26-11-3-6-22(28)27-15-8-10-17-16-4-1-2-5-20(16)30-21(17)13-15/h1-2,4-5,7-10,12-13H,3,6,11H2,(H,26,29)(H,27,28). The molecule has 2 amide bonds. The van der Waals surface area contributed by atoms with Crippen molar-refractivity contribution in [3.8, 4) is 0 Å². The van der Waals surface area contributed by atoms with Crippen LogP contribution >= 0.6 is 0 Å². The summed E-state index contributed by atoms with van der Waals surface area (Å²) in [6.07, 6.45) is 0.539. The number of hydrogen-bond donors (Lipinski definition) is 2. The Hall–Kier alpha value is -3.74. The number of hydrogen-bond acceptors (Lipinski definition) is 3. The molecule has 0 aliphatic rings. The summed E-state index contributed by atoms with van der Waals surface area (Å²) >= 11 is 0. The van der Waals surface area contributed by atoms with Crippen LogP contribution < -0.4 is 10.6 Å². The highest BCUT2D eigenvalue weighted by Crippen LogP contribution is 2.30. The average Bonchev–Trinajstić information content (AvgIpc) is 3.08. The second kappa shape index (κ2) is 8.32. The molecular formula is C23H18F2N2O3. The number of halogens is 2. The molecule has 2 N–H and O–H groups in total. The zero-order chi connectivity index (χ0) is 21.1. The van der Waals surface area contributed by atoms with E-state index in [0.717, 1.165) is 28.5 Å². The lowest BCUT2D eigenvalue weighted by Gasteiger charge is -2.07. The van der Waals surface area contributed by atoms with Crippen LogP contribution in [0.5, 0.6) is 0 Å². The fourth-order valence-electron chi connectivity index (χ4n) is 3.25. The molecule has 0 atom stereocenters. The topological polar surface area (TPSA) is 71.3 Å². The summed E-state index contributed by atoms with van der Waals surface area (Å²) in [6.45, 7) is 0.186. The largest absolute Gasteiger partial charge is 0.456 e. The average molecular weight is 408 g/mol. The van der Waals surface area contributed by atoms with E-state index in [2.05, 4.69) is 10.6 Å². The van der Waals surface area contributed by atoms with Crippen LogP contribution in [0.2, 0.25) is 0 Å². The molecule has 30 heavy (non-hydrogen) atoms. The van der Waals surface area contributed by atoms with E-state index in [1.807, 2.05) is 30.3 Å². The molecule has 152 valence electrons. The third kappa shape index (κ3) is 4.15. The lowest BCUT2D eigenvalue weighted by molar-refractivity contribution is -0.116. The number of benzene rings is 3. The van der Waals surface area contributed by atoms with Gasteiger partial charge in [-0.15, -0.1) is 0 Å². The van der Waals surface area contributed by atoms with Gasteiger partial charge >= 0.3 is 0 Å². The summed E-state index contributed by atoms with van der Waals surface area (Å²) in [7, 11) is 0. The Morgan fingerprint density at radius 2 is 1.70 bits per heavy atom. The molecule has 0 aliphatic heterocycles. The van der Waals surface area contributed by atoms with Crippen LogP contribution in [-0.2, 0) is 4.79 Å². The van der Waals surface area contributed by atoms with E-state index in [4.69, 9.17) is 4.42 Å². The molecule has 4 aromatic rings. The van der Waals surface area contributed by atoms with Gasteiger partial charge in [0, 0.05) is 41.6 Å². The molecule has 1 aromatic heterocycles. The van der Waals surface area contributed by atoms with Crippen molar-refractivity contribution in [2.45, 2.75) is 12.8 Å². The summed E-state index contributed by atoms with van der Waals surface area (Å²) in [5.74, 6) is -2.54. The van der Waals surface area contributed by atoms with E-state index >= 15 is 0 Å². The monoisotopic (exact) mass is 408 g/mol. The van der Waals surface area contributed by atoms with Crippen LogP contribution in [0.1, 0.15) is 23.2 Å². The van der Waals surface area contributed by atoms with Crippen LogP contribution in [0.25, 0.3) is 21.9 Å². The number of carbonyl (C=O) groups is 2. The molecule has 3 aromatic carbocycles. The maximum absolute atomic E-state index is 13.6. The smallest absolute Gasteiger partial charge is 0.254 e. The van der Waals surface area contributed by atoms with Crippen molar-refractivity contribution in [2.75, 3.05) is 11.9 Å². The van der Waals surface area contributed by atoms with Crippen LogP contribution in [0.15, 0.2) is 65.1 Å². The number of fused-ring (bicyclic) bond motifs is 3. The van der Waals surface area contributed by atoms with Crippen LogP contribution in [0, 0.1) is 11.6 Å². The van der Waals surface area contributed by atoms with Gasteiger partial charge in [0.05, 0.1) is 5.56 Å². The molecule has 5 nitrogen and oxygen atoms in total. The minimum Gasteiger partial charge on any atom is -0.456 e. The number of para-hydroxylation sites is 1. The number of nitrogens with one attached hydrogen (secondary N) is 2. The first-order valence-corrected chi connectivity index (χ1v) is 9.45. The first-order valence-electron chi connectivity index (χ1n) is 9.45. The van der Waals surface area contributed by atoms with Gasteiger partial charge in [0.15, 0.2) is 0 Å². The van der Waals surface area contributed by atoms with Crippen molar-refractivity contribution in [1.82, 2.24) is 5.32 Å². The van der Waals surface area contributed by atoms with Gasteiger partial charge in [-0.3, -0.25) is 9.59 Å².